The summed E-state index contributed by atoms with van der Waals surface area (Å²) in [5.74, 6) is -2.85. The van der Waals surface area contributed by atoms with Crippen LogP contribution in [0.3, 0.4) is 0 Å². The molecule has 1 amide bonds. The molecular weight excluding hydrogens is 655 g/mol. The van der Waals surface area contributed by atoms with E-state index in [1.165, 1.54) is 6.66 Å². The molecule has 2 saturated heterocycles. The normalized spacial score (nSPS) is 26.2. The number of carbonyl (C=O) groups is 2. The van der Waals surface area contributed by atoms with Crippen LogP contribution in [-0.4, -0.2) is 94.7 Å². The van der Waals surface area contributed by atoms with Crippen LogP contribution in [0.2, 0.25) is 5.28 Å². The lowest BCUT2D eigenvalue weighted by Crippen LogP contribution is -2.43. The Kier molecular flexibility index (Phi) is 10.6. The van der Waals surface area contributed by atoms with Gasteiger partial charge in [0, 0.05) is 12.7 Å². The van der Waals surface area contributed by atoms with Gasteiger partial charge in [-0.25, -0.2) is 14.1 Å². The summed E-state index contributed by atoms with van der Waals surface area (Å²) < 4.78 is 56.3. The van der Waals surface area contributed by atoms with E-state index in [9.17, 15) is 14.2 Å². The lowest BCUT2D eigenvalue weighted by Gasteiger charge is -2.31. The molecule has 2 aromatic rings. The van der Waals surface area contributed by atoms with E-state index >= 15 is 0 Å². The molecule has 4 heterocycles. The second-order valence-corrected chi connectivity index (χ2v) is 16.4. The first-order valence-electron chi connectivity index (χ1n) is 16.1. The largest absolute Gasteiger partial charge is 0.464 e. The number of fused-ring (bicyclic) bond motifs is 2. The van der Waals surface area contributed by atoms with Crippen molar-refractivity contribution in [2.24, 2.45) is 0 Å². The molecule has 2 aliphatic heterocycles. The van der Waals surface area contributed by atoms with Crippen LogP contribution in [0.15, 0.2) is 12.1 Å². The minimum Gasteiger partial charge on any atom is -0.464 e. The molecule has 1 aliphatic carbocycles. The Morgan fingerprint density at radius 2 is 1.83 bits per heavy atom. The van der Waals surface area contributed by atoms with Gasteiger partial charge in [-0.3, -0.25) is 9.46 Å². The molecule has 6 atom stereocenters. The Labute approximate surface area is 280 Å². The van der Waals surface area contributed by atoms with Gasteiger partial charge in [0.25, 0.3) is 0 Å². The fraction of sp³-hybridized carbons (Fsp3) is 0.742. The zero-order valence-corrected chi connectivity index (χ0v) is 29.9. The number of halogens is 1. The Morgan fingerprint density at radius 3 is 2.47 bits per heavy atom. The van der Waals surface area contributed by atoms with Gasteiger partial charge >= 0.3 is 12.1 Å². The molecular formula is C31H46ClN4O10P. The highest BCUT2D eigenvalue weighted by Gasteiger charge is 2.57. The number of hydrogen-bond donors (Lipinski definition) is 0. The molecule has 3 aliphatic rings. The molecule has 262 valence electrons. The summed E-state index contributed by atoms with van der Waals surface area (Å²) in [5.41, 5.74) is 0.397. The maximum Gasteiger partial charge on any atom is 0.416 e. The van der Waals surface area contributed by atoms with E-state index in [0.717, 1.165) is 25.7 Å². The van der Waals surface area contributed by atoms with Gasteiger partial charge in [0.1, 0.15) is 35.5 Å². The zero-order valence-electron chi connectivity index (χ0n) is 28.3. The van der Waals surface area contributed by atoms with E-state index in [-0.39, 0.29) is 31.1 Å². The fourth-order valence-corrected chi connectivity index (χ4v) is 8.04. The first-order chi connectivity index (χ1) is 22.0. The van der Waals surface area contributed by atoms with Gasteiger partial charge in [-0.15, -0.1) is 5.10 Å². The Hall–Kier alpha value is -2.32. The molecule has 2 aromatic heterocycles. The molecule has 0 bridgehead atoms. The van der Waals surface area contributed by atoms with E-state index in [4.69, 9.17) is 44.5 Å². The van der Waals surface area contributed by atoms with Crippen LogP contribution in [0.1, 0.15) is 85.9 Å². The summed E-state index contributed by atoms with van der Waals surface area (Å²) in [6, 6.07) is 3.52. The van der Waals surface area contributed by atoms with Gasteiger partial charge in [0.05, 0.1) is 25.5 Å². The van der Waals surface area contributed by atoms with Gasteiger partial charge < -0.3 is 32.9 Å². The number of aromatic nitrogens is 3. The number of hydrogen-bond acceptors (Lipinski definition) is 12. The number of esters is 1. The summed E-state index contributed by atoms with van der Waals surface area (Å²) in [6.07, 6.45) is 0.393. The highest BCUT2D eigenvalue weighted by atomic mass is 35.5. The van der Waals surface area contributed by atoms with Crippen LogP contribution < -0.4 is 4.90 Å². The van der Waals surface area contributed by atoms with Crippen molar-refractivity contribution < 1.29 is 47.1 Å². The maximum atomic E-state index is 13.6. The topological polar surface area (TPSA) is 149 Å². The van der Waals surface area contributed by atoms with Crippen molar-refractivity contribution in [2.75, 3.05) is 31.4 Å². The number of rotatable bonds is 11. The van der Waals surface area contributed by atoms with Crippen molar-refractivity contribution in [3.05, 3.63) is 23.1 Å². The third-order valence-corrected chi connectivity index (χ3v) is 10.3. The Morgan fingerprint density at radius 1 is 1.15 bits per heavy atom. The van der Waals surface area contributed by atoms with E-state index in [0.29, 0.717) is 17.0 Å². The predicted molar refractivity (Wildman–Crippen MR) is 172 cm³/mol. The number of carbonyl (C=O) groups excluding carboxylic acids is 2. The van der Waals surface area contributed by atoms with Gasteiger partial charge in [0.2, 0.25) is 18.5 Å². The van der Waals surface area contributed by atoms with Gasteiger partial charge in [-0.1, -0.05) is 12.8 Å². The van der Waals surface area contributed by atoms with E-state index in [2.05, 4.69) is 10.1 Å². The highest BCUT2D eigenvalue weighted by Crippen LogP contribution is 2.50. The van der Waals surface area contributed by atoms with Crippen LogP contribution in [0, 0.1) is 0 Å². The molecule has 5 rings (SSSR count). The van der Waals surface area contributed by atoms with Gasteiger partial charge in [0.15, 0.2) is 11.6 Å². The monoisotopic (exact) mass is 700 g/mol. The molecule has 0 radical (unpaired) electrons. The summed E-state index contributed by atoms with van der Waals surface area (Å²) >= 11 is 6.52. The van der Waals surface area contributed by atoms with Crippen LogP contribution in [0.5, 0.6) is 0 Å². The summed E-state index contributed by atoms with van der Waals surface area (Å²) in [5, 5.41) is 4.43. The number of nitrogens with zero attached hydrogens (tertiary/aromatic N) is 4. The first-order valence-corrected chi connectivity index (χ1v) is 18.7. The summed E-state index contributed by atoms with van der Waals surface area (Å²) in [7, 11) is -3.55. The van der Waals surface area contributed by atoms with Crippen molar-refractivity contribution in [2.45, 2.75) is 122 Å². The third-order valence-electron chi connectivity index (χ3n) is 8.16. The predicted octanol–water partition coefficient (Wildman–Crippen LogP) is 5.88. The van der Waals surface area contributed by atoms with E-state index in [1.54, 1.807) is 37.1 Å². The van der Waals surface area contributed by atoms with Crippen LogP contribution >= 0.6 is 19.0 Å². The fourth-order valence-electron chi connectivity index (χ4n) is 6.42. The molecule has 16 heteroatoms. The molecule has 0 N–H and O–H groups in total. The molecule has 47 heavy (non-hydrogen) atoms. The minimum absolute atomic E-state index is 0.0678. The van der Waals surface area contributed by atoms with E-state index in [1.807, 2.05) is 32.9 Å². The smallest absolute Gasteiger partial charge is 0.416 e. The summed E-state index contributed by atoms with van der Waals surface area (Å²) in [6.45, 7) is 13.8. The quantitative estimate of drug-likeness (QED) is 0.204. The van der Waals surface area contributed by atoms with Crippen LogP contribution in [0.4, 0.5) is 10.6 Å². The molecule has 3 fully saturated rings. The lowest BCUT2D eigenvalue weighted by atomic mass is 10.1. The average molecular weight is 701 g/mol. The summed E-state index contributed by atoms with van der Waals surface area (Å²) in [4.78, 5) is 32.5. The Balaban J connectivity index is 1.48. The number of anilines is 1. The number of ether oxygens (including phenoxy) is 6. The van der Waals surface area contributed by atoms with Crippen molar-refractivity contribution in [1.82, 2.24) is 14.6 Å². The van der Waals surface area contributed by atoms with E-state index < -0.39 is 61.1 Å². The lowest BCUT2D eigenvalue weighted by molar-refractivity contribution is -0.195. The number of amides is 1. The van der Waals surface area contributed by atoms with Crippen molar-refractivity contribution in [3.63, 3.8) is 0 Å². The molecule has 14 nitrogen and oxygen atoms in total. The van der Waals surface area contributed by atoms with Gasteiger partial charge in [-0.05, 0) is 85.0 Å². The van der Waals surface area contributed by atoms with Gasteiger partial charge in [-0.2, -0.15) is 4.98 Å². The first kappa shape index (κ1) is 36.0. The molecule has 2 unspecified atom stereocenters. The maximum absolute atomic E-state index is 13.6. The zero-order chi connectivity index (χ0) is 34.3. The third kappa shape index (κ3) is 7.79. The van der Waals surface area contributed by atoms with Crippen LogP contribution in [0.25, 0.3) is 5.52 Å². The molecule has 0 aromatic carbocycles. The van der Waals surface area contributed by atoms with Crippen molar-refractivity contribution >= 4 is 42.4 Å². The molecule has 0 spiro atoms. The van der Waals surface area contributed by atoms with Crippen molar-refractivity contribution in [3.8, 4) is 0 Å². The second kappa shape index (κ2) is 13.9. The Bertz CT molecular complexity index is 1510. The second-order valence-electron chi connectivity index (χ2n) is 13.5. The highest BCUT2D eigenvalue weighted by molar-refractivity contribution is 7.59. The molecule has 1 saturated carbocycles. The average Bonchev–Trinajstić information content (AvgIpc) is 3.73. The minimum atomic E-state index is -3.55. The van der Waals surface area contributed by atoms with Crippen molar-refractivity contribution in [1.29, 1.82) is 0 Å². The SMILES string of the molecule is CCOC(=O)C(OC[C@H]1O[C@H](c2ccc3c(N(C(=O)OC(C)(C)C)C4CCCC4)nc(Cl)nn23)[C@@H]2OC(C)(C)O[C@@H]21)P(C)(=O)OCC. The van der Waals surface area contributed by atoms with Crippen LogP contribution in [-0.2, 0) is 42.3 Å². The standard InChI is InChI=1S/C31H46ClN4O10P/c1-9-40-26(37)27(47(8,39)42-10-2)41-17-21-23-24(45-31(6,7)44-23)22(43-21)19-15-16-20-25(33-28(32)34-36(19)20)35(18-13-11-12-14-18)29(38)46-30(3,4)5/h15-16,18,21-24,27H,9-14,17H2,1-8H3/t21-,22-,23-,24+,27?,47?/m1/s1.